The summed E-state index contributed by atoms with van der Waals surface area (Å²) in [4.78, 5) is 20.3. The van der Waals surface area contributed by atoms with Crippen LogP contribution in [0, 0.1) is 0 Å². The second kappa shape index (κ2) is 10.0. The van der Waals surface area contributed by atoms with Crippen molar-refractivity contribution in [2.75, 3.05) is 25.0 Å². The predicted molar refractivity (Wildman–Crippen MR) is 133 cm³/mol. The van der Waals surface area contributed by atoms with Crippen LogP contribution in [0.15, 0.2) is 68.7 Å². The Kier molecular flexibility index (Phi) is 6.31. The van der Waals surface area contributed by atoms with Gasteiger partial charge < -0.3 is 24.3 Å². The zero-order valence-corrected chi connectivity index (χ0v) is 19.5. The van der Waals surface area contributed by atoms with Crippen LogP contribution in [-0.4, -0.2) is 51.8 Å². The summed E-state index contributed by atoms with van der Waals surface area (Å²) in [6, 6.07) is 15.1. The van der Waals surface area contributed by atoms with E-state index in [0.717, 1.165) is 0 Å². The highest BCUT2D eigenvalue weighted by molar-refractivity contribution is 5.95. The van der Waals surface area contributed by atoms with Crippen molar-refractivity contribution >= 4 is 40.8 Å². The molecule has 5 aromatic rings. The van der Waals surface area contributed by atoms with E-state index in [4.69, 9.17) is 18.5 Å². The first-order valence-electron chi connectivity index (χ1n) is 10.8. The van der Waals surface area contributed by atoms with Gasteiger partial charge >= 0.3 is 5.97 Å². The fourth-order valence-electron chi connectivity index (χ4n) is 3.45. The number of carbonyl (C=O) groups is 1. The summed E-state index contributed by atoms with van der Waals surface area (Å²) < 4.78 is 21.2. The van der Waals surface area contributed by atoms with Crippen LogP contribution in [0.5, 0.6) is 11.5 Å². The molecule has 3 aromatic heterocycles. The summed E-state index contributed by atoms with van der Waals surface area (Å²) in [6.45, 7) is 0. The number of aromatic carboxylic acids is 1. The second-order valence-corrected chi connectivity index (χ2v) is 7.45. The number of hydrazone groups is 1. The molecule has 0 saturated carbocycles. The Hall–Kier alpha value is -5.46. The van der Waals surface area contributed by atoms with Gasteiger partial charge in [-0.3, -0.25) is 5.43 Å². The fraction of sp³-hybridized carbons (Fsp3) is 0.0833. The highest BCUT2D eigenvalue weighted by Gasteiger charge is 2.16. The lowest BCUT2D eigenvalue weighted by molar-refractivity contribution is 0.0697. The molecule has 0 fully saturated rings. The Balaban J connectivity index is 1.41. The monoisotopic (exact) mass is 501 g/mol. The molecule has 5 rings (SSSR count). The lowest BCUT2D eigenvalue weighted by atomic mass is 10.1. The summed E-state index contributed by atoms with van der Waals surface area (Å²) in [5.74, 6) is 1.35. The molecule has 0 spiro atoms. The smallest absolute Gasteiger partial charge is 0.336 e. The van der Waals surface area contributed by atoms with Crippen molar-refractivity contribution in [2.45, 2.75) is 0 Å². The van der Waals surface area contributed by atoms with Gasteiger partial charge in [-0.2, -0.15) is 10.1 Å². The zero-order chi connectivity index (χ0) is 25.8. The largest absolute Gasteiger partial charge is 0.497 e. The van der Waals surface area contributed by atoms with E-state index in [2.05, 4.69) is 36.1 Å². The molecule has 0 bridgehead atoms. The number of anilines is 3. The molecule has 0 aliphatic rings. The Morgan fingerprint density at radius 2 is 1.78 bits per heavy atom. The van der Waals surface area contributed by atoms with E-state index in [0.29, 0.717) is 34.3 Å². The van der Waals surface area contributed by atoms with Crippen LogP contribution in [0.25, 0.3) is 22.6 Å². The fourth-order valence-corrected chi connectivity index (χ4v) is 3.45. The van der Waals surface area contributed by atoms with Crippen molar-refractivity contribution in [3.8, 4) is 22.8 Å². The number of aromatic nitrogens is 4. The standard InChI is InChI=1S/C24H19N7O6/c1-34-13-7-10-19(35-2)17(11-13)26-20-21(28-23-22(27-20)30-37-31-23)29-25-12-14-8-9-18(36-14)15-5-3-4-6-16(15)24(32)33/h3-12H,1-2H3,(H,32,33)(H,26,27,30)(H,28,29,31)/b25-12+. The van der Waals surface area contributed by atoms with Crippen LogP contribution < -0.4 is 20.2 Å². The molecule has 0 atom stereocenters. The maximum Gasteiger partial charge on any atom is 0.336 e. The number of nitrogens with one attached hydrogen (secondary N) is 2. The summed E-state index contributed by atoms with van der Waals surface area (Å²) in [6.07, 6.45) is 1.41. The third-order valence-corrected chi connectivity index (χ3v) is 5.19. The number of ether oxygens (including phenoxy) is 2. The van der Waals surface area contributed by atoms with Gasteiger partial charge in [0, 0.05) is 11.6 Å². The molecule has 186 valence electrons. The number of methoxy groups -OCH3 is 2. The Morgan fingerprint density at radius 1 is 1.00 bits per heavy atom. The van der Waals surface area contributed by atoms with E-state index in [1.807, 2.05) is 0 Å². The number of benzene rings is 2. The number of carboxylic acid groups (broad SMARTS) is 1. The van der Waals surface area contributed by atoms with Crippen molar-refractivity contribution in [3.05, 3.63) is 65.9 Å². The summed E-state index contributed by atoms with van der Waals surface area (Å²) in [5.41, 5.74) is 4.31. The number of carboxylic acids is 1. The van der Waals surface area contributed by atoms with E-state index < -0.39 is 5.97 Å². The topological polar surface area (TPSA) is 170 Å². The van der Waals surface area contributed by atoms with Crippen LogP contribution in [0.4, 0.5) is 17.3 Å². The average Bonchev–Trinajstić information content (AvgIpc) is 3.58. The number of fused-ring (bicyclic) bond motifs is 1. The minimum atomic E-state index is -1.05. The second-order valence-electron chi connectivity index (χ2n) is 7.45. The molecule has 3 heterocycles. The van der Waals surface area contributed by atoms with Crippen molar-refractivity contribution < 1.29 is 28.4 Å². The molecule has 37 heavy (non-hydrogen) atoms. The number of rotatable bonds is 9. The predicted octanol–water partition coefficient (Wildman–Crippen LogP) is 4.18. The van der Waals surface area contributed by atoms with Gasteiger partial charge in [-0.05, 0) is 40.6 Å². The van der Waals surface area contributed by atoms with Crippen LogP contribution in [-0.2, 0) is 0 Å². The van der Waals surface area contributed by atoms with Crippen molar-refractivity contribution in [1.29, 1.82) is 0 Å². The van der Waals surface area contributed by atoms with Crippen molar-refractivity contribution in [1.82, 2.24) is 20.3 Å². The minimum absolute atomic E-state index is 0.131. The molecule has 0 amide bonds. The SMILES string of the molecule is COc1ccc(OC)c(Nc2nc3nonc3nc2N/N=C/c2ccc(-c3ccccc3C(=O)O)o2)c1. The Morgan fingerprint density at radius 3 is 2.54 bits per heavy atom. The molecule has 3 N–H and O–H groups in total. The number of hydrogen-bond donors (Lipinski definition) is 3. The molecule has 13 heteroatoms. The van der Waals surface area contributed by atoms with E-state index in [1.54, 1.807) is 62.8 Å². The molecular weight excluding hydrogens is 482 g/mol. The molecule has 13 nitrogen and oxygen atoms in total. The average molecular weight is 501 g/mol. The highest BCUT2D eigenvalue weighted by Crippen LogP contribution is 2.33. The molecule has 0 radical (unpaired) electrons. The molecule has 0 unspecified atom stereocenters. The molecular formula is C24H19N7O6. The number of furan rings is 1. The third kappa shape index (κ3) is 4.86. The number of nitrogens with zero attached hydrogens (tertiary/aromatic N) is 5. The van der Waals surface area contributed by atoms with Gasteiger partial charge in [0.05, 0.1) is 31.7 Å². The maximum atomic E-state index is 11.5. The molecule has 2 aromatic carbocycles. The van der Waals surface area contributed by atoms with E-state index in [1.165, 1.54) is 12.3 Å². The highest BCUT2D eigenvalue weighted by atomic mass is 16.6. The van der Waals surface area contributed by atoms with E-state index in [-0.39, 0.29) is 28.5 Å². The normalized spacial score (nSPS) is 11.1. The first-order valence-corrected chi connectivity index (χ1v) is 10.8. The minimum Gasteiger partial charge on any atom is -0.497 e. The lowest BCUT2D eigenvalue weighted by Crippen LogP contribution is -2.04. The van der Waals surface area contributed by atoms with Gasteiger partial charge in [0.25, 0.3) is 0 Å². The van der Waals surface area contributed by atoms with Crippen LogP contribution in [0.1, 0.15) is 16.1 Å². The molecule has 0 aliphatic heterocycles. The maximum absolute atomic E-state index is 11.5. The summed E-state index contributed by atoms with van der Waals surface area (Å²) in [5, 5.41) is 24.2. The third-order valence-electron chi connectivity index (χ3n) is 5.19. The first kappa shape index (κ1) is 23.3. The first-order chi connectivity index (χ1) is 18.1. The van der Waals surface area contributed by atoms with Gasteiger partial charge in [-0.15, -0.1) is 0 Å². The quantitative estimate of drug-likeness (QED) is 0.195. The van der Waals surface area contributed by atoms with Gasteiger partial charge in [0.15, 0.2) is 11.6 Å². The van der Waals surface area contributed by atoms with Gasteiger partial charge in [-0.1, -0.05) is 18.2 Å². The van der Waals surface area contributed by atoms with Crippen LogP contribution in [0.3, 0.4) is 0 Å². The van der Waals surface area contributed by atoms with E-state index >= 15 is 0 Å². The molecule has 0 saturated heterocycles. The van der Waals surface area contributed by atoms with Gasteiger partial charge in [-0.25, -0.2) is 14.4 Å². The lowest BCUT2D eigenvalue weighted by Gasteiger charge is -2.13. The van der Waals surface area contributed by atoms with Crippen molar-refractivity contribution in [3.63, 3.8) is 0 Å². The summed E-state index contributed by atoms with van der Waals surface area (Å²) >= 11 is 0. The zero-order valence-electron chi connectivity index (χ0n) is 19.5. The molecule has 0 aliphatic carbocycles. The Labute approximate surface area is 208 Å². The van der Waals surface area contributed by atoms with Gasteiger partial charge in [0.2, 0.25) is 11.3 Å². The van der Waals surface area contributed by atoms with Gasteiger partial charge in [0.1, 0.15) is 23.0 Å². The Bertz CT molecular complexity index is 1610. The summed E-state index contributed by atoms with van der Waals surface area (Å²) in [7, 11) is 3.10. The van der Waals surface area contributed by atoms with Crippen molar-refractivity contribution in [2.24, 2.45) is 5.10 Å². The van der Waals surface area contributed by atoms with Crippen LogP contribution in [0.2, 0.25) is 0 Å². The number of hydrogen-bond acceptors (Lipinski definition) is 12. The van der Waals surface area contributed by atoms with Crippen LogP contribution >= 0.6 is 0 Å². The van der Waals surface area contributed by atoms with E-state index in [9.17, 15) is 9.90 Å².